The third-order valence-electron chi connectivity index (χ3n) is 2.20. The number of carbonyl (C=O) groups excluding carboxylic acids is 1. The molecule has 0 heterocycles. The van der Waals surface area contributed by atoms with Gasteiger partial charge in [-0.15, -0.1) is 0 Å². The van der Waals surface area contributed by atoms with E-state index in [1.165, 1.54) is 6.92 Å². The third kappa shape index (κ3) is 2.66. The summed E-state index contributed by atoms with van der Waals surface area (Å²) in [5.74, 6) is 1.39. The average molecular weight is 224 g/mol. The van der Waals surface area contributed by atoms with Crippen LogP contribution in [0.3, 0.4) is 0 Å². The highest BCUT2D eigenvalue weighted by molar-refractivity contribution is 5.70. The third-order valence-corrected chi connectivity index (χ3v) is 2.20. The number of hydrogen-bond acceptors (Lipinski definition) is 4. The molecule has 0 bridgehead atoms. The molecule has 1 aromatic carbocycles. The van der Waals surface area contributed by atoms with E-state index in [1.54, 1.807) is 26.4 Å². The summed E-state index contributed by atoms with van der Waals surface area (Å²) in [5, 5.41) is 0. The van der Waals surface area contributed by atoms with Crippen LogP contribution in [0.2, 0.25) is 0 Å². The molecular formula is C12H16O4. The van der Waals surface area contributed by atoms with Gasteiger partial charge in [-0.25, -0.2) is 0 Å². The molecular weight excluding hydrogens is 208 g/mol. The fraction of sp³-hybridized carbons (Fsp3) is 0.417. The van der Waals surface area contributed by atoms with Crippen LogP contribution in [0.15, 0.2) is 12.1 Å². The van der Waals surface area contributed by atoms with Crippen LogP contribution in [0, 0.1) is 0 Å². The van der Waals surface area contributed by atoms with Crippen LogP contribution in [0.1, 0.15) is 19.4 Å². The lowest BCUT2D eigenvalue weighted by Crippen LogP contribution is -2.03. The summed E-state index contributed by atoms with van der Waals surface area (Å²) in [7, 11) is 3.15. The highest BCUT2D eigenvalue weighted by Gasteiger charge is 2.12. The predicted molar refractivity (Wildman–Crippen MR) is 60.2 cm³/mol. The second-order valence-corrected chi connectivity index (χ2v) is 3.25. The SMILES string of the molecule is CCc1c(OC)cc(OC(C)=O)cc1OC. The lowest BCUT2D eigenvalue weighted by molar-refractivity contribution is -0.131. The number of esters is 1. The largest absolute Gasteiger partial charge is 0.496 e. The van der Waals surface area contributed by atoms with Crippen LogP contribution < -0.4 is 14.2 Å². The summed E-state index contributed by atoms with van der Waals surface area (Å²) >= 11 is 0. The van der Waals surface area contributed by atoms with E-state index < -0.39 is 0 Å². The molecule has 0 aliphatic rings. The number of methoxy groups -OCH3 is 2. The molecule has 4 heteroatoms. The molecule has 0 amide bonds. The molecule has 0 aliphatic heterocycles. The van der Waals surface area contributed by atoms with Gasteiger partial charge in [-0.2, -0.15) is 0 Å². The topological polar surface area (TPSA) is 44.8 Å². The fourth-order valence-corrected chi connectivity index (χ4v) is 1.53. The van der Waals surface area contributed by atoms with Gasteiger partial charge in [0.05, 0.1) is 14.2 Å². The molecule has 0 saturated carbocycles. The Morgan fingerprint density at radius 1 is 1.19 bits per heavy atom. The Labute approximate surface area is 95.1 Å². The highest BCUT2D eigenvalue weighted by atomic mass is 16.5. The van der Waals surface area contributed by atoms with Crippen molar-refractivity contribution in [1.29, 1.82) is 0 Å². The highest BCUT2D eigenvalue weighted by Crippen LogP contribution is 2.34. The molecule has 0 saturated heterocycles. The van der Waals surface area contributed by atoms with E-state index in [4.69, 9.17) is 14.2 Å². The molecule has 0 unspecified atom stereocenters. The normalized spacial score (nSPS) is 9.75. The maximum atomic E-state index is 10.9. The summed E-state index contributed by atoms with van der Waals surface area (Å²) in [6, 6.07) is 3.37. The van der Waals surface area contributed by atoms with Gasteiger partial charge in [0.25, 0.3) is 0 Å². The molecule has 88 valence electrons. The second-order valence-electron chi connectivity index (χ2n) is 3.25. The van der Waals surface area contributed by atoms with Crippen LogP contribution in [-0.4, -0.2) is 20.2 Å². The van der Waals surface area contributed by atoms with E-state index in [0.29, 0.717) is 17.2 Å². The minimum atomic E-state index is -0.367. The van der Waals surface area contributed by atoms with Gasteiger partial charge in [0.2, 0.25) is 0 Å². The maximum Gasteiger partial charge on any atom is 0.308 e. The van der Waals surface area contributed by atoms with Gasteiger partial charge in [-0.05, 0) is 6.42 Å². The van der Waals surface area contributed by atoms with Gasteiger partial charge in [0.15, 0.2) is 0 Å². The van der Waals surface area contributed by atoms with Crippen LogP contribution in [0.5, 0.6) is 17.2 Å². The monoisotopic (exact) mass is 224 g/mol. The number of carbonyl (C=O) groups is 1. The first kappa shape index (κ1) is 12.4. The molecule has 0 atom stereocenters. The average Bonchev–Trinajstić information content (AvgIpc) is 2.26. The zero-order valence-electron chi connectivity index (χ0n) is 9.99. The van der Waals surface area contributed by atoms with Crippen molar-refractivity contribution in [3.63, 3.8) is 0 Å². The molecule has 0 spiro atoms. The standard InChI is InChI=1S/C12H16O4/c1-5-10-11(14-3)6-9(16-8(2)13)7-12(10)15-4/h6-7H,5H2,1-4H3. The second kappa shape index (κ2) is 5.39. The zero-order chi connectivity index (χ0) is 12.1. The van der Waals surface area contributed by atoms with E-state index in [1.807, 2.05) is 6.92 Å². The molecule has 16 heavy (non-hydrogen) atoms. The first-order chi connectivity index (χ1) is 7.62. The van der Waals surface area contributed by atoms with Crippen molar-refractivity contribution in [3.8, 4) is 17.2 Å². The summed E-state index contributed by atoms with van der Waals surface area (Å²) in [5.41, 5.74) is 0.959. The smallest absolute Gasteiger partial charge is 0.308 e. The van der Waals surface area contributed by atoms with Crippen LogP contribution >= 0.6 is 0 Å². The zero-order valence-corrected chi connectivity index (χ0v) is 9.99. The lowest BCUT2D eigenvalue weighted by Gasteiger charge is -2.13. The van der Waals surface area contributed by atoms with Gasteiger partial charge in [-0.3, -0.25) is 4.79 Å². The molecule has 0 N–H and O–H groups in total. The van der Waals surface area contributed by atoms with Crippen molar-refractivity contribution >= 4 is 5.97 Å². The predicted octanol–water partition coefficient (Wildman–Crippen LogP) is 2.19. The van der Waals surface area contributed by atoms with E-state index >= 15 is 0 Å². The van der Waals surface area contributed by atoms with Crippen molar-refractivity contribution < 1.29 is 19.0 Å². The molecule has 0 fully saturated rings. The van der Waals surface area contributed by atoms with Gasteiger partial charge in [0.1, 0.15) is 17.2 Å². The van der Waals surface area contributed by atoms with Gasteiger partial charge < -0.3 is 14.2 Å². The van der Waals surface area contributed by atoms with E-state index in [-0.39, 0.29) is 5.97 Å². The fourth-order valence-electron chi connectivity index (χ4n) is 1.53. The minimum Gasteiger partial charge on any atom is -0.496 e. The number of benzene rings is 1. The van der Waals surface area contributed by atoms with Crippen molar-refractivity contribution in [2.75, 3.05) is 14.2 Å². The Morgan fingerprint density at radius 2 is 1.69 bits per heavy atom. The molecule has 1 aromatic rings. The summed E-state index contributed by atoms with van der Waals surface area (Å²) in [6.07, 6.45) is 0.784. The maximum absolute atomic E-state index is 10.9. The van der Waals surface area contributed by atoms with Gasteiger partial charge in [-0.1, -0.05) is 6.92 Å². The van der Waals surface area contributed by atoms with Crippen molar-refractivity contribution in [1.82, 2.24) is 0 Å². The first-order valence-electron chi connectivity index (χ1n) is 5.05. The lowest BCUT2D eigenvalue weighted by atomic mass is 10.1. The van der Waals surface area contributed by atoms with E-state index in [2.05, 4.69) is 0 Å². The van der Waals surface area contributed by atoms with Crippen molar-refractivity contribution in [2.24, 2.45) is 0 Å². The quantitative estimate of drug-likeness (QED) is 0.581. The Kier molecular flexibility index (Phi) is 4.17. The van der Waals surface area contributed by atoms with Gasteiger partial charge in [0, 0.05) is 24.6 Å². The van der Waals surface area contributed by atoms with Crippen LogP contribution in [0.4, 0.5) is 0 Å². The molecule has 0 radical (unpaired) electrons. The number of rotatable bonds is 4. The molecule has 4 nitrogen and oxygen atoms in total. The number of ether oxygens (including phenoxy) is 3. The first-order valence-corrected chi connectivity index (χ1v) is 5.05. The minimum absolute atomic E-state index is 0.367. The molecule has 1 rings (SSSR count). The Balaban J connectivity index is 3.20. The number of hydrogen-bond donors (Lipinski definition) is 0. The van der Waals surface area contributed by atoms with Crippen LogP contribution in [0.25, 0.3) is 0 Å². The Morgan fingerprint density at radius 3 is 2.00 bits per heavy atom. The van der Waals surface area contributed by atoms with Gasteiger partial charge >= 0.3 is 5.97 Å². The molecule has 0 aliphatic carbocycles. The molecule has 0 aromatic heterocycles. The Bertz CT molecular complexity index is 360. The summed E-state index contributed by atoms with van der Waals surface area (Å²) in [4.78, 5) is 10.9. The van der Waals surface area contributed by atoms with E-state index in [9.17, 15) is 4.79 Å². The van der Waals surface area contributed by atoms with Crippen molar-refractivity contribution in [3.05, 3.63) is 17.7 Å². The van der Waals surface area contributed by atoms with Crippen LogP contribution in [-0.2, 0) is 11.2 Å². The van der Waals surface area contributed by atoms with Crippen molar-refractivity contribution in [2.45, 2.75) is 20.3 Å². The summed E-state index contributed by atoms with van der Waals surface area (Å²) in [6.45, 7) is 3.36. The van der Waals surface area contributed by atoms with E-state index in [0.717, 1.165) is 12.0 Å². The Hall–Kier alpha value is -1.71. The summed E-state index contributed by atoms with van der Waals surface area (Å²) < 4.78 is 15.5.